The van der Waals surface area contributed by atoms with E-state index >= 15 is 0 Å². The normalized spacial score (nSPS) is 19.0. The Hall–Kier alpha value is -0.650. The van der Waals surface area contributed by atoms with Gasteiger partial charge in [-0.3, -0.25) is 10.2 Å². The van der Waals surface area contributed by atoms with E-state index in [1.165, 1.54) is 25.9 Å². The zero-order chi connectivity index (χ0) is 12.0. The maximum absolute atomic E-state index is 11.0. The Balaban J connectivity index is 2.13. The molecule has 3 N–H and O–H groups in total. The second-order valence-corrected chi connectivity index (χ2v) is 4.83. The molecule has 0 aliphatic carbocycles. The number of nitrogens with two attached hydrogens (primary N) is 1. The van der Waals surface area contributed by atoms with Crippen molar-refractivity contribution in [1.82, 2.24) is 15.2 Å². The lowest BCUT2D eigenvalue weighted by Gasteiger charge is -2.31. The topological polar surface area (TPSA) is 61.6 Å². The molecule has 0 bridgehead atoms. The van der Waals surface area contributed by atoms with Crippen LogP contribution in [0.2, 0.25) is 0 Å². The number of hydrogen-bond donors (Lipinski definition) is 2. The van der Waals surface area contributed by atoms with Gasteiger partial charge in [0.05, 0.1) is 0 Å². The van der Waals surface area contributed by atoms with Gasteiger partial charge in [-0.25, -0.2) is 5.84 Å². The van der Waals surface area contributed by atoms with Gasteiger partial charge in [0, 0.05) is 19.5 Å². The lowest BCUT2D eigenvalue weighted by Crippen LogP contribution is -2.37. The fourth-order valence-corrected chi connectivity index (χ4v) is 2.14. The lowest BCUT2D eigenvalue weighted by atomic mass is 9.97. The highest BCUT2D eigenvalue weighted by molar-refractivity contribution is 5.75. The van der Waals surface area contributed by atoms with Gasteiger partial charge in [0.1, 0.15) is 0 Å². The highest BCUT2D eigenvalue weighted by atomic mass is 16.2. The Bertz CT molecular complexity index is 214. The molecule has 0 saturated carbocycles. The summed E-state index contributed by atoms with van der Waals surface area (Å²) in [7, 11) is 4.24. The molecule has 1 amide bonds. The zero-order valence-corrected chi connectivity index (χ0v) is 10.4. The van der Waals surface area contributed by atoms with Gasteiger partial charge in [-0.1, -0.05) is 0 Å². The predicted molar refractivity (Wildman–Crippen MR) is 64.7 cm³/mol. The molecule has 16 heavy (non-hydrogen) atoms. The number of amides is 1. The summed E-state index contributed by atoms with van der Waals surface area (Å²) in [5.41, 5.74) is 2.16. The first-order valence-electron chi connectivity index (χ1n) is 5.98. The van der Waals surface area contributed by atoms with E-state index in [0.29, 0.717) is 6.42 Å². The van der Waals surface area contributed by atoms with Crippen LogP contribution in [-0.2, 0) is 4.79 Å². The molecule has 5 nitrogen and oxygen atoms in total. The second kappa shape index (κ2) is 6.83. The summed E-state index contributed by atoms with van der Waals surface area (Å²) in [5.74, 6) is 5.73. The van der Waals surface area contributed by atoms with Crippen LogP contribution in [0.1, 0.15) is 19.3 Å². The van der Waals surface area contributed by atoms with Crippen molar-refractivity contribution in [2.45, 2.75) is 19.3 Å². The third-order valence-electron chi connectivity index (χ3n) is 3.29. The Kier molecular flexibility index (Phi) is 5.73. The van der Waals surface area contributed by atoms with Gasteiger partial charge in [0.25, 0.3) is 0 Å². The molecule has 0 spiro atoms. The van der Waals surface area contributed by atoms with Gasteiger partial charge in [0.15, 0.2) is 0 Å². The molecule has 0 atom stereocenters. The molecule has 1 aliphatic rings. The minimum absolute atomic E-state index is 0.0878. The smallest absolute Gasteiger partial charge is 0.235 e. The zero-order valence-electron chi connectivity index (χ0n) is 10.4. The third kappa shape index (κ3) is 4.92. The Morgan fingerprint density at radius 1 is 1.50 bits per heavy atom. The van der Waals surface area contributed by atoms with Crippen LogP contribution in [0.5, 0.6) is 0 Å². The van der Waals surface area contributed by atoms with E-state index in [0.717, 1.165) is 19.0 Å². The van der Waals surface area contributed by atoms with Crippen molar-refractivity contribution >= 4 is 5.91 Å². The summed E-state index contributed by atoms with van der Waals surface area (Å²) in [4.78, 5) is 15.6. The van der Waals surface area contributed by atoms with Gasteiger partial charge in [-0.2, -0.15) is 0 Å². The predicted octanol–water partition coefficient (Wildman–Crippen LogP) is -0.360. The lowest BCUT2D eigenvalue weighted by molar-refractivity contribution is -0.121. The first-order valence-corrected chi connectivity index (χ1v) is 5.98. The standard InChI is InChI=1S/C11H24N4O/c1-14-6-3-10(4-7-14)9-15(2)8-5-11(16)13-12/h10H,3-9,12H2,1-2H3,(H,13,16). The van der Waals surface area contributed by atoms with Gasteiger partial charge in [0.2, 0.25) is 5.91 Å². The molecule has 0 unspecified atom stereocenters. The largest absolute Gasteiger partial charge is 0.306 e. The summed E-state index contributed by atoms with van der Waals surface area (Å²) in [6.45, 7) is 4.27. The highest BCUT2D eigenvalue weighted by Gasteiger charge is 2.18. The molecule has 0 radical (unpaired) electrons. The van der Waals surface area contributed by atoms with Crippen molar-refractivity contribution in [1.29, 1.82) is 0 Å². The van der Waals surface area contributed by atoms with Crippen LogP contribution in [0.15, 0.2) is 0 Å². The number of hydrogen-bond acceptors (Lipinski definition) is 4. The van der Waals surface area contributed by atoms with Crippen LogP contribution in [0.25, 0.3) is 0 Å². The molecular formula is C11H24N4O. The number of rotatable bonds is 5. The summed E-state index contributed by atoms with van der Waals surface area (Å²) in [6, 6.07) is 0. The Morgan fingerprint density at radius 3 is 2.69 bits per heavy atom. The Morgan fingerprint density at radius 2 is 2.12 bits per heavy atom. The minimum atomic E-state index is -0.0878. The molecule has 1 fully saturated rings. The number of nitrogens with zero attached hydrogens (tertiary/aromatic N) is 2. The van der Waals surface area contributed by atoms with Crippen LogP contribution in [-0.4, -0.2) is 56.0 Å². The maximum atomic E-state index is 11.0. The fourth-order valence-electron chi connectivity index (χ4n) is 2.14. The van der Waals surface area contributed by atoms with Crippen LogP contribution in [0.4, 0.5) is 0 Å². The summed E-state index contributed by atoms with van der Waals surface area (Å²) >= 11 is 0. The van der Waals surface area contributed by atoms with Gasteiger partial charge < -0.3 is 9.80 Å². The molecule has 1 heterocycles. The number of piperidine rings is 1. The number of likely N-dealkylation sites (tertiary alicyclic amines) is 1. The van der Waals surface area contributed by atoms with Crippen LogP contribution in [0.3, 0.4) is 0 Å². The number of hydrazine groups is 1. The van der Waals surface area contributed by atoms with E-state index in [9.17, 15) is 4.79 Å². The van der Waals surface area contributed by atoms with Crippen molar-refractivity contribution < 1.29 is 4.79 Å². The number of carbonyl (C=O) groups excluding carboxylic acids is 1. The van der Waals surface area contributed by atoms with Crippen LogP contribution in [0, 0.1) is 5.92 Å². The molecule has 0 aromatic heterocycles. The van der Waals surface area contributed by atoms with Crippen molar-refractivity contribution in [2.24, 2.45) is 11.8 Å². The molecule has 94 valence electrons. The molecule has 1 saturated heterocycles. The highest BCUT2D eigenvalue weighted by Crippen LogP contribution is 2.16. The monoisotopic (exact) mass is 228 g/mol. The minimum Gasteiger partial charge on any atom is -0.306 e. The third-order valence-corrected chi connectivity index (χ3v) is 3.29. The first-order chi connectivity index (χ1) is 7.61. The summed E-state index contributed by atoms with van der Waals surface area (Å²) < 4.78 is 0. The Labute approximate surface area is 97.9 Å². The van der Waals surface area contributed by atoms with Crippen LogP contribution < -0.4 is 11.3 Å². The van der Waals surface area contributed by atoms with Crippen molar-refractivity contribution in [2.75, 3.05) is 40.3 Å². The van der Waals surface area contributed by atoms with Crippen LogP contribution >= 0.6 is 0 Å². The number of nitrogens with one attached hydrogen (secondary N) is 1. The molecule has 1 rings (SSSR count). The summed E-state index contributed by atoms with van der Waals surface area (Å²) in [5, 5.41) is 0. The first kappa shape index (κ1) is 13.4. The van der Waals surface area contributed by atoms with E-state index in [-0.39, 0.29) is 5.91 Å². The van der Waals surface area contributed by atoms with Crippen molar-refractivity contribution in [3.05, 3.63) is 0 Å². The summed E-state index contributed by atoms with van der Waals surface area (Å²) in [6.07, 6.45) is 3.02. The van der Waals surface area contributed by atoms with Gasteiger partial charge >= 0.3 is 0 Å². The molecular weight excluding hydrogens is 204 g/mol. The maximum Gasteiger partial charge on any atom is 0.235 e. The van der Waals surface area contributed by atoms with E-state index < -0.39 is 0 Å². The second-order valence-electron chi connectivity index (χ2n) is 4.83. The number of carbonyl (C=O) groups is 1. The molecule has 1 aliphatic heterocycles. The van der Waals surface area contributed by atoms with Crippen molar-refractivity contribution in [3.8, 4) is 0 Å². The van der Waals surface area contributed by atoms with E-state index in [2.05, 4.69) is 29.3 Å². The molecule has 5 heteroatoms. The van der Waals surface area contributed by atoms with Gasteiger partial charge in [-0.15, -0.1) is 0 Å². The molecule has 0 aromatic carbocycles. The quantitative estimate of drug-likeness (QED) is 0.383. The van der Waals surface area contributed by atoms with E-state index in [1.807, 2.05) is 0 Å². The average Bonchev–Trinajstić information content (AvgIpc) is 2.29. The van der Waals surface area contributed by atoms with Gasteiger partial charge in [-0.05, 0) is 45.9 Å². The van der Waals surface area contributed by atoms with Crippen molar-refractivity contribution in [3.63, 3.8) is 0 Å². The SMILES string of the molecule is CN1CCC(CN(C)CCC(=O)NN)CC1. The van der Waals surface area contributed by atoms with E-state index in [4.69, 9.17) is 5.84 Å². The average molecular weight is 228 g/mol. The van der Waals surface area contributed by atoms with E-state index in [1.54, 1.807) is 0 Å². The molecule has 0 aromatic rings. The fraction of sp³-hybridized carbons (Fsp3) is 0.909.